The van der Waals surface area contributed by atoms with E-state index in [9.17, 15) is 10.2 Å². The van der Waals surface area contributed by atoms with Crippen molar-refractivity contribution < 1.29 is 14.9 Å². The molecule has 5 rings (SSSR count). The molecule has 0 aromatic rings. The fourth-order valence-electron chi connectivity index (χ4n) is 11.1. The Kier molecular flexibility index (Phi) is 6.31. The number of aliphatic hydroxyl groups excluding tert-OH is 2. The molecule has 0 spiro atoms. The van der Waals surface area contributed by atoms with Gasteiger partial charge in [0, 0.05) is 10.8 Å². The molecular formula is C33H54O3. The normalized spacial score (nSPS) is 53.8. The van der Waals surface area contributed by atoms with Gasteiger partial charge in [-0.2, -0.15) is 0 Å². The molecule has 10 atom stereocenters. The molecule has 3 heteroatoms. The van der Waals surface area contributed by atoms with Crippen molar-refractivity contribution in [2.24, 2.45) is 50.2 Å². The van der Waals surface area contributed by atoms with Crippen LogP contribution in [-0.4, -0.2) is 35.6 Å². The highest BCUT2D eigenvalue weighted by Crippen LogP contribution is 2.75. The van der Waals surface area contributed by atoms with Crippen LogP contribution in [0.15, 0.2) is 24.3 Å². The molecule has 0 bridgehead atoms. The summed E-state index contributed by atoms with van der Waals surface area (Å²) in [7, 11) is 0. The van der Waals surface area contributed by atoms with E-state index in [0.717, 1.165) is 32.1 Å². The molecule has 2 N–H and O–H groups in total. The summed E-state index contributed by atoms with van der Waals surface area (Å²) in [5, 5.41) is 21.5. The minimum atomic E-state index is -0.387. The highest BCUT2D eigenvalue weighted by Gasteiger charge is 2.69. The van der Waals surface area contributed by atoms with Crippen molar-refractivity contribution in [1.29, 1.82) is 0 Å². The van der Waals surface area contributed by atoms with Gasteiger partial charge in [0.05, 0.1) is 25.4 Å². The first-order valence-electron chi connectivity index (χ1n) is 14.9. The van der Waals surface area contributed by atoms with Gasteiger partial charge in [-0.15, -0.1) is 6.58 Å². The molecular weight excluding hydrogens is 444 g/mol. The Bertz CT molecular complexity index is 922. The van der Waals surface area contributed by atoms with Gasteiger partial charge >= 0.3 is 0 Å². The summed E-state index contributed by atoms with van der Waals surface area (Å²) < 4.78 is 6.52. The summed E-state index contributed by atoms with van der Waals surface area (Å²) in [6.45, 7) is 22.0. The predicted molar refractivity (Wildman–Crippen MR) is 147 cm³/mol. The summed E-state index contributed by atoms with van der Waals surface area (Å²) in [5.41, 5.74) is 2.46. The summed E-state index contributed by atoms with van der Waals surface area (Å²) >= 11 is 0. The summed E-state index contributed by atoms with van der Waals surface area (Å²) in [6.07, 6.45) is 14.8. The standard InChI is InChI=1S/C33H54O3/c1-9-18-36-27-20-28(2,3)19-23-22-10-11-25-30(5)14-13-26(35)31(6,21-34)24(30)12-15-33(25,8)32(22,7)17-16-29(23,27)4/h9-10,23-27,34-35H,1,11-21H2,2-8H3/t23-,24?,25-,26+,27-,29-,30+,31+,32-,33-/m1/s1. The van der Waals surface area contributed by atoms with Crippen molar-refractivity contribution in [2.45, 2.75) is 118 Å². The van der Waals surface area contributed by atoms with Crippen molar-refractivity contribution in [3.05, 3.63) is 24.3 Å². The van der Waals surface area contributed by atoms with Gasteiger partial charge in [0.1, 0.15) is 0 Å². The fraction of sp³-hybridized carbons (Fsp3) is 0.879. The van der Waals surface area contributed by atoms with Crippen molar-refractivity contribution in [3.63, 3.8) is 0 Å². The molecule has 4 fully saturated rings. The number of aliphatic hydroxyl groups is 2. The zero-order valence-corrected chi connectivity index (χ0v) is 24.3. The van der Waals surface area contributed by atoms with Crippen LogP contribution in [0, 0.1) is 50.2 Å². The third-order valence-corrected chi connectivity index (χ3v) is 13.6. The molecule has 3 nitrogen and oxygen atoms in total. The van der Waals surface area contributed by atoms with Gasteiger partial charge in [-0.1, -0.05) is 66.2 Å². The lowest BCUT2D eigenvalue weighted by Gasteiger charge is -2.71. The van der Waals surface area contributed by atoms with E-state index in [1.165, 1.54) is 25.7 Å². The minimum absolute atomic E-state index is 0.0951. The van der Waals surface area contributed by atoms with Gasteiger partial charge in [0.25, 0.3) is 0 Å². The maximum Gasteiger partial charge on any atom is 0.0648 e. The second kappa shape index (κ2) is 8.43. The average Bonchev–Trinajstić information content (AvgIpc) is 2.81. The van der Waals surface area contributed by atoms with Crippen molar-refractivity contribution in [3.8, 4) is 0 Å². The molecule has 4 saturated carbocycles. The van der Waals surface area contributed by atoms with E-state index in [-0.39, 0.29) is 45.2 Å². The van der Waals surface area contributed by atoms with E-state index >= 15 is 0 Å². The molecule has 0 radical (unpaired) electrons. The lowest BCUT2D eigenvalue weighted by molar-refractivity contribution is -0.219. The van der Waals surface area contributed by atoms with Crippen LogP contribution in [0.2, 0.25) is 0 Å². The minimum Gasteiger partial charge on any atom is -0.396 e. The Hall–Kier alpha value is -0.640. The molecule has 0 aliphatic heterocycles. The zero-order valence-electron chi connectivity index (χ0n) is 24.3. The molecule has 5 aliphatic carbocycles. The van der Waals surface area contributed by atoms with Crippen LogP contribution in [0.3, 0.4) is 0 Å². The third kappa shape index (κ3) is 3.40. The van der Waals surface area contributed by atoms with Crippen LogP contribution in [0.4, 0.5) is 0 Å². The average molecular weight is 499 g/mol. The zero-order chi connectivity index (χ0) is 26.4. The molecule has 36 heavy (non-hydrogen) atoms. The molecule has 0 heterocycles. The van der Waals surface area contributed by atoms with E-state index in [2.05, 4.69) is 61.1 Å². The number of rotatable bonds is 4. The highest BCUT2D eigenvalue weighted by molar-refractivity contribution is 5.34. The third-order valence-electron chi connectivity index (χ3n) is 13.6. The van der Waals surface area contributed by atoms with Gasteiger partial charge in [0.2, 0.25) is 0 Å². The Morgan fingerprint density at radius 1 is 0.944 bits per heavy atom. The van der Waals surface area contributed by atoms with Gasteiger partial charge in [-0.3, -0.25) is 0 Å². The number of allylic oxidation sites excluding steroid dienone is 2. The van der Waals surface area contributed by atoms with Crippen molar-refractivity contribution >= 4 is 0 Å². The summed E-state index contributed by atoms with van der Waals surface area (Å²) in [5.74, 6) is 1.56. The van der Waals surface area contributed by atoms with Crippen LogP contribution in [0.5, 0.6) is 0 Å². The molecule has 5 aliphatic rings. The second-order valence-electron chi connectivity index (χ2n) is 15.8. The summed E-state index contributed by atoms with van der Waals surface area (Å²) in [4.78, 5) is 0. The SMILES string of the molecule is C=CCO[C@@H]1CC(C)(C)C[C@@H]2C3=CC[C@@H]4[C@@]5(C)CC[C@H](O)[C@@](C)(CO)C5CC[C@@]4(C)[C@]3(C)CC[C@]21C. The Labute approximate surface area is 221 Å². The van der Waals surface area contributed by atoms with Gasteiger partial charge in [0.15, 0.2) is 0 Å². The quantitative estimate of drug-likeness (QED) is 0.399. The summed E-state index contributed by atoms with van der Waals surface area (Å²) in [6, 6.07) is 0. The molecule has 204 valence electrons. The maximum atomic E-state index is 11.0. The first-order valence-corrected chi connectivity index (χ1v) is 14.9. The predicted octanol–water partition coefficient (Wildman–Crippen LogP) is 7.32. The fourth-order valence-corrected chi connectivity index (χ4v) is 11.1. The largest absolute Gasteiger partial charge is 0.396 e. The smallest absolute Gasteiger partial charge is 0.0648 e. The van der Waals surface area contributed by atoms with Crippen molar-refractivity contribution in [2.75, 3.05) is 13.2 Å². The van der Waals surface area contributed by atoms with Crippen molar-refractivity contribution in [1.82, 2.24) is 0 Å². The van der Waals surface area contributed by atoms with Crippen LogP contribution >= 0.6 is 0 Å². The Morgan fingerprint density at radius 3 is 2.33 bits per heavy atom. The first-order chi connectivity index (χ1) is 16.7. The van der Waals surface area contributed by atoms with E-state index in [4.69, 9.17) is 4.74 Å². The van der Waals surface area contributed by atoms with Crippen LogP contribution in [0.1, 0.15) is 106 Å². The topological polar surface area (TPSA) is 49.7 Å². The number of hydrogen-bond donors (Lipinski definition) is 2. The van der Waals surface area contributed by atoms with E-state index in [0.29, 0.717) is 30.5 Å². The molecule has 0 saturated heterocycles. The lowest BCUT2D eigenvalue weighted by atomic mass is 9.33. The number of hydrogen-bond acceptors (Lipinski definition) is 3. The van der Waals surface area contributed by atoms with Gasteiger partial charge < -0.3 is 14.9 Å². The lowest BCUT2D eigenvalue weighted by Crippen LogP contribution is -2.66. The van der Waals surface area contributed by atoms with Crippen LogP contribution < -0.4 is 0 Å². The Morgan fingerprint density at radius 2 is 1.67 bits per heavy atom. The van der Waals surface area contributed by atoms with E-state index in [1.54, 1.807) is 5.57 Å². The number of fused-ring (bicyclic) bond motifs is 7. The Balaban J connectivity index is 1.56. The highest BCUT2D eigenvalue weighted by atomic mass is 16.5. The molecule has 0 aromatic carbocycles. The molecule has 0 aromatic heterocycles. The molecule has 0 amide bonds. The maximum absolute atomic E-state index is 11.0. The van der Waals surface area contributed by atoms with Crippen LogP contribution in [0.25, 0.3) is 0 Å². The first kappa shape index (κ1) is 26.9. The van der Waals surface area contributed by atoms with E-state index in [1.807, 2.05) is 6.08 Å². The van der Waals surface area contributed by atoms with E-state index < -0.39 is 0 Å². The van der Waals surface area contributed by atoms with Gasteiger partial charge in [-0.05, 0) is 97.2 Å². The molecule has 1 unspecified atom stereocenters. The van der Waals surface area contributed by atoms with Gasteiger partial charge in [-0.25, -0.2) is 0 Å². The van der Waals surface area contributed by atoms with Crippen LogP contribution in [-0.2, 0) is 4.74 Å². The second-order valence-corrected chi connectivity index (χ2v) is 15.8. The number of ether oxygens (including phenoxy) is 1. The monoisotopic (exact) mass is 498 g/mol.